The summed E-state index contributed by atoms with van der Waals surface area (Å²) in [7, 11) is 1.30. The van der Waals surface area contributed by atoms with Gasteiger partial charge in [0.2, 0.25) is 0 Å². The molecule has 1 amide bonds. The Labute approximate surface area is 155 Å². The number of hydrogen-bond donors (Lipinski definition) is 1. The van der Waals surface area contributed by atoms with Gasteiger partial charge < -0.3 is 14.8 Å². The lowest BCUT2D eigenvalue weighted by atomic mass is 10.1. The number of anilines is 1. The number of carbonyl (C=O) groups excluding carboxylic acids is 2. The monoisotopic (exact) mass is 405 g/mol. The first kappa shape index (κ1) is 19.0. The van der Waals surface area contributed by atoms with Gasteiger partial charge in [-0.2, -0.15) is 0 Å². The summed E-state index contributed by atoms with van der Waals surface area (Å²) in [6.45, 7) is 2.61. The molecule has 0 bridgehead atoms. The number of rotatable bonds is 7. The number of esters is 1. The smallest absolute Gasteiger partial charge is 0.339 e. The summed E-state index contributed by atoms with van der Waals surface area (Å²) in [6.07, 6.45) is 1.91. The molecule has 0 saturated carbocycles. The Morgan fingerprint density at radius 2 is 1.88 bits per heavy atom. The van der Waals surface area contributed by atoms with Crippen LogP contribution in [0, 0.1) is 0 Å². The minimum Gasteiger partial charge on any atom is -0.493 e. The molecule has 2 aromatic rings. The van der Waals surface area contributed by atoms with Crippen molar-refractivity contribution in [1.82, 2.24) is 0 Å². The van der Waals surface area contributed by atoms with Crippen molar-refractivity contribution in [2.24, 2.45) is 0 Å². The fourth-order valence-electron chi connectivity index (χ4n) is 2.20. The predicted octanol–water partition coefficient (Wildman–Crippen LogP) is 4.67. The molecule has 0 aliphatic carbocycles. The minimum atomic E-state index is -0.510. The molecule has 0 fully saturated rings. The largest absolute Gasteiger partial charge is 0.493 e. The summed E-state index contributed by atoms with van der Waals surface area (Å²) in [6, 6.07) is 12.0. The van der Waals surface area contributed by atoms with Gasteiger partial charge in [0, 0.05) is 4.47 Å². The van der Waals surface area contributed by atoms with Crippen LogP contribution in [0.25, 0.3) is 0 Å². The summed E-state index contributed by atoms with van der Waals surface area (Å²) < 4.78 is 11.2. The van der Waals surface area contributed by atoms with Crippen LogP contribution in [0.4, 0.5) is 5.69 Å². The topological polar surface area (TPSA) is 64.6 Å². The molecule has 25 heavy (non-hydrogen) atoms. The summed E-state index contributed by atoms with van der Waals surface area (Å²) in [5.74, 6) is -0.363. The van der Waals surface area contributed by atoms with Crippen molar-refractivity contribution >= 4 is 33.5 Å². The summed E-state index contributed by atoms with van der Waals surface area (Å²) in [4.78, 5) is 24.6. The number of benzene rings is 2. The Bertz CT molecular complexity index is 761. The Hall–Kier alpha value is -2.34. The number of unbranched alkanes of at least 4 members (excludes halogenated alkanes) is 1. The highest BCUT2D eigenvalue weighted by atomic mass is 79.9. The van der Waals surface area contributed by atoms with Gasteiger partial charge >= 0.3 is 5.97 Å². The zero-order valence-corrected chi connectivity index (χ0v) is 15.8. The van der Waals surface area contributed by atoms with Gasteiger partial charge in [0.05, 0.1) is 30.5 Å². The van der Waals surface area contributed by atoms with E-state index in [2.05, 4.69) is 28.2 Å². The van der Waals surface area contributed by atoms with E-state index in [0.717, 1.165) is 17.3 Å². The molecular weight excluding hydrogens is 386 g/mol. The van der Waals surface area contributed by atoms with E-state index in [0.29, 0.717) is 29.2 Å². The Balaban J connectivity index is 2.27. The van der Waals surface area contributed by atoms with Crippen molar-refractivity contribution in [2.75, 3.05) is 19.0 Å². The standard InChI is InChI=1S/C19H20BrNO4/c1-3-4-11-25-17-10-9-13(20)12-15(17)18(22)21-16-8-6-5-7-14(16)19(23)24-2/h5-10,12H,3-4,11H2,1-2H3,(H,21,22). The molecule has 5 nitrogen and oxygen atoms in total. The first-order valence-corrected chi connectivity index (χ1v) is 8.77. The van der Waals surface area contributed by atoms with Gasteiger partial charge in [-0.05, 0) is 36.8 Å². The fourth-order valence-corrected chi connectivity index (χ4v) is 2.56. The molecule has 0 spiro atoms. The van der Waals surface area contributed by atoms with E-state index in [1.165, 1.54) is 7.11 Å². The highest BCUT2D eigenvalue weighted by molar-refractivity contribution is 9.10. The second-order valence-electron chi connectivity index (χ2n) is 5.33. The minimum absolute atomic E-state index is 0.293. The SMILES string of the molecule is CCCCOc1ccc(Br)cc1C(=O)Nc1ccccc1C(=O)OC. The van der Waals surface area contributed by atoms with Crippen molar-refractivity contribution in [3.8, 4) is 5.75 Å². The van der Waals surface area contributed by atoms with Gasteiger partial charge in [-0.15, -0.1) is 0 Å². The molecule has 1 N–H and O–H groups in total. The van der Waals surface area contributed by atoms with Gasteiger partial charge in [0.15, 0.2) is 0 Å². The number of methoxy groups -OCH3 is 1. The first-order valence-electron chi connectivity index (χ1n) is 7.97. The van der Waals surface area contributed by atoms with Gasteiger partial charge in [-0.1, -0.05) is 41.4 Å². The lowest BCUT2D eigenvalue weighted by Gasteiger charge is -2.13. The van der Waals surface area contributed by atoms with Gasteiger partial charge in [-0.3, -0.25) is 4.79 Å². The third-order valence-electron chi connectivity index (χ3n) is 3.52. The normalized spacial score (nSPS) is 10.2. The Kier molecular flexibility index (Phi) is 7.01. The molecule has 0 unspecified atom stereocenters. The molecule has 6 heteroatoms. The van der Waals surface area contributed by atoms with E-state index in [1.807, 2.05) is 6.07 Å². The van der Waals surface area contributed by atoms with Crippen molar-refractivity contribution < 1.29 is 19.1 Å². The third-order valence-corrected chi connectivity index (χ3v) is 4.02. The lowest BCUT2D eigenvalue weighted by Crippen LogP contribution is -2.16. The van der Waals surface area contributed by atoms with E-state index in [-0.39, 0.29) is 5.91 Å². The molecule has 0 aromatic heterocycles. The average Bonchev–Trinajstić information content (AvgIpc) is 2.62. The number of para-hydroxylation sites is 1. The van der Waals surface area contributed by atoms with Crippen molar-refractivity contribution in [1.29, 1.82) is 0 Å². The molecule has 2 aromatic carbocycles. The molecule has 2 rings (SSSR count). The molecule has 0 aliphatic heterocycles. The zero-order valence-electron chi connectivity index (χ0n) is 14.2. The second-order valence-corrected chi connectivity index (χ2v) is 6.25. The maximum absolute atomic E-state index is 12.7. The number of hydrogen-bond acceptors (Lipinski definition) is 4. The van der Waals surface area contributed by atoms with Crippen LogP contribution in [0.2, 0.25) is 0 Å². The van der Waals surface area contributed by atoms with Crippen molar-refractivity contribution in [3.05, 3.63) is 58.1 Å². The van der Waals surface area contributed by atoms with E-state index in [4.69, 9.17) is 9.47 Å². The molecule has 132 valence electrons. The maximum Gasteiger partial charge on any atom is 0.339 e. The molecule has 0 saturated heterocycles. The molecule has 0 atom stereocenters. The Morgan fingerprint density at radius 3 is 2.60 bits per heavy atom. The highest BCUT2D eigenvalue weighted by Crippen LogP contribution is 2.25. The third kappa shape index (κ3) is 5.06. The first-order chi connectivity index (χ1) is 12.1. The van der Waals surface area contributed by atoms with Crippen LogP contribution in [0.5, 0.6) is 5.75 Å². The molecule has 0 aliphatic rings. The quantitative estimate of drug-likeness (QED) is 0.536. The van der Waals surface area contributed by atoms with Crippen molar-refractivity contribution in [3.63, 3.8) is 0 Å². The zero-order chi connectivity index (χ0) is 18.2. The average molecular weight is 406 g/mol. The second kappa shape index (κ2) is 9.22. The van der Waals surface area contributed by atoms with Crippen LogP contribution in [0.15, 0.2) is 46.9 Å². The number of nitrogens with one attached hydrogen (secondary N) is 1. The number of ether oxygens (including phenoxy) is 2. The lowest BCUT2D eigenvalue weighted by molar-refractivity contribution is 0.0602. The van der Waals surface area contributed by atoms with E-state index >= 15 is 0 Å². The summed E-state index contributed by atoms with van der Waals surface area (Å²) in [5, 5.41) is 2.76. The molecule has 0 heterocycles. The summed E-state index contributed by atoms with van der Waals surface area (Å²) in [5.41, 5.74) is 1.07. The Morgan fingerprint density at radius 1 is 1.12 bits per heavy atom. The van der Waals surface area contributed by atoms with E-state index < -0.39 is 5.97 Å². The molecule has 0 radical (unpaired) electrons. The van der Waals surface area contributed by atoms with E-state index in [1.54, 1.807) is 36.4 Å². The summed E-state index contributed by atoms with van der Waals surface area (Å²) >= 11 is 3.37. The highest BCUT2D eigenvalue weighted by Gasteiger charge is 2.17. The number of halogens is 1. The molecular formula is C19H20BrNO4. The fraction of sp³-hybridized carbons (Fsp3) is 0.263. The van der Waals surface area contributed by atoms with Gasteiger partial charge in [-0.25, -0.2) is 4.79 Å². The van der Waals surface area contributed by atoms with Crippen molar-refractivity contribution in [2.45, 2.75) is 19.8 Å². The van der Waals surface area contributed by atoms with Gasteiger partial charge in [0.25, 0.3) is 5.91 Å². The van der Waals surface area contributed by atoms with Gasteiger partial charge in [0.1, 0.15) is 5.75 Å². The predicted molar refractivity (Wildman–Crippen MR) is 100 cm³/mol. The number of carbonyl (C=O) groups is 2. The van der Waals surface area contributed by atoms with E-state index in [9.17, 15) is 9.59 Å². The van der Waals surface area contributed by atoms with Crippen LogP contribution < -0.4 is 10.1 Å². The number of amides is 1. The van der Waals surface area contributed by atoms with Crippen LogP contribution in [-0.4, -0.2) is 25.6 Å². The van der Waals surface area contributed by atoms with Crippen LogP contribution >= 0.6 is 15.9 Å². The van der Waals surface area contributed by atoms with Crippen LogP contribution in [-0.2, 0) is 4.74 Å². The maximum atomic E-state index is 12.7. The van der Waals surface area contributed by atoms with Crippen LogP contribution in [0.3, 0.4) is 0 Å². The van der Waals surface area contributed by atoms with Crippen LogP contribution in [0.1, 0.15) is 40.5 Å².